The van der Waals surface area contributed by atoms with Crippen molar-refractivity contribution in [1.82, 2.24) is 19.5 Å². The Labute approximate surface area is 107 Å². The van der Waals surface area contributed by atoms with Crippen LogP contribution in [0.25, 0.3) is 11.2 Å². The SMILES string of the molecule is Nc1ncnc2c1ncn2C[C@H](O)/C=C/P(=O)(O)O. The highest BCUT2D eigenvalue weighted by molar-refractivity contribution is 7.55. The van der Waals surface area contributed by atoms with Gasteiger partial charge in [0.15, 0.2) is 11.5 Å². The molecule has 0 aromatic carbocycles. The minimum absolute atomic E-state index is 0.0451. The summed E-state index contributed by atoms with van der Waals surface area (Å²) in [6.45, 7) is 0.0451. The summed E-state index contributed by atoms with van der Waals surface area (Å²) in [7, 11) is -4.28. The molecule has 0 aliphatic rings. The predicted octanol–water partition coefficient (Wildman–Crippen LogP) is -0.539. The second-order valence-electron chi connectivity index (χ2n) is 3.83. The lowest BCUT2D eigenvalue weighted by molar-refractivity contribution is 0.202. The number of nitrogen functional groups attached to an aromatic ring is 1. The van der Waals surface area contributed by atoms with Crippen LogP contribution in [0.4, 0.5) is 5.82 Å². The van der Waals surface area contributed by atoms with E-state index in [1.54, 1.807) is 0 Å². The third-order valence-electron chi connectivity index (χ3n) is 2.32. The van der Waals surface area contributed by atoms with Crippen LogP contribution in [0.3, 0.4) is 0 Å². The molecule has 10 heteroatoms. The Morgan fingerprint density at radius 2 is 2.16 bits per heavy atom. The van der Waals surface area contributed by atoms with Gasteiger partial charge in [0.25, 0.3) is 0 Å². The van der Waals surface area contributed by atoms with Crippen molar-refractivity contribution in [3.8, 4) is 0 Å². The fourth-order valence-electron chi connectivity index (χ4n) is 1.51. The molecule has 0 aliphatic carbocycles. The quantitative estimate of drug-likeness (QED) is 0.547. The minimum Gasteiger partial charge on any atom is -0.387 e. The Morgan fingerprint density at radius 1 is 1.42 bits per heavy atom. The maximum absolute atomic E-state index is 10.6. The van der Waals surface area contributed by atoms with Crippen LogP contribution in [-0.2, 0) is 11.1 Å². The van der Waals surface area contributed by atoms with E-state index < -0.39 is 13.7 Å². The number of imidazole rings is 1. The molecule has 2 heterocycles. The normalized spacial score (nSPS) is 14.3. The van der Waals surface area contributed by atoms with Crippen molar-refractivity contribution in [1.29, 1.82) is 0 Å². The van der Waals surface area contributed by atoms with Crippen molar-refractivity contribution < 1.29 is 19.5 Å². The number of hydrogen-bond acceptors (Lipinski definition) is 6. The standard InChI is InChI=1S/C9H12N5O4P/c10-8-7-9(12-4-11-8)14(5-13-7)3-6(15)1-2-19(16,17)18/h1-2,4-6,15H,3H2,(H2,10,11,12)(H2,16,17,18)/b2-1+/t6-/m1/s1. The monoisotopic (exact) mass is 285 g/mol. The van der Waals surface area contributed by atoms with Crippen LogP contribution in [0.5, 0.6) is 0 Å². The number of fused-ring (bicyclic) bond motifs is 1. The predicted molar refractivity (Wildman–Crippen MR) is 66.9 cm³/mol. The molecule has 0 amide bonds. The molecule has 0 fully saturated rings. The molecule has 2 aromatic rings. The second kappa shape index (κ2) is 5.06. The summed E-state index contributed by atoms with van der Waals surface area (Å²) in [6, 6.07) is 0. The summed E-state index contributed by atoms with van der Waals surface area (Å²) in [6.07, 6.45) is 2.64. The first-order valence-electron chi connectivity index (χ1n) is 5.21. The maximum Gasteiger partial charge on any atom is 0.348 e. The molecule has 1 atom stereocenters. The van der Waals surface area contributed by atoms with Crippen LogP contribution >= 0.6 is 7.60 Å². The van der Waals surface area contributed by atoms with E-state index in [1.165, 1.54) is 17.2 Å². The molecule has 9 nitrogen and oxygen atoms in total. The molecule has 5 N–H and O–H groups in total. The molecule has 0 aliphatic heterocycles. The molecular formula is C9H12N5O4P. The summed E-state index contributed by atoms with van der Waals surface area (Å²) in [5.41, 5.74) is 6.46. The third kappa shape index (κ3) is 3.36. The molecule has 0 bridgehead atoms. The second-order valence-corrected chi connectivity index (χ2v) is 5.30. The van der Waals surface area contributed by atoms with Gasteiger partial charge in [0.2, 0.25) is 0 Å². The Kier molecular flexibility index (Phi) is 3.63. The van der Waals surface area contributed by atoms with Crippen LogP contribution in [0.1, 0.15) is 0 Å². The van der Waals surface area contributed by atoms with Gasteiger partial charge in [-0.3, -0.25) is 4.57 Å². The highest BCUT2D eigenvalue weighted by Crippen LogP contribution is 2.36. The maximum atomic E-state index is 10.6. The van der Waals surface area contributed by atoms with Crippen molar-refractivity contribution in [2.75, 3.05) is 5.73 Å². The van der Waals surface area contributed by atoms with Crippen LogP contribution in [0.15, 0.2) is 24.5 Å². The average Bonchev–Trinajstić information content (AvgIpc) is 2.71. The van der Waals surface area contributed by atoms with E-state index in [-0.39, 0.29) is 12.4 Å². The van der Waals surface area contributed by atoms with E-state index in [4.69, 9.17) is 15.5 Å². The van der Waals surface area contributed by atoms with E-state index in [0.29, 0.717) is 17.0 Å². The fourth-order valence-corrected chi connectivity index (χ4v) is 1.93. The van der Waals surface area contributed by atoms with Crippen molar-refractivity contribution in [2.24, 2.45) is 0 Å². The molecule has 2 aromatic heterocycles. The van der Waals surface area contributed by atoms with Gasteiger partial charge >= 0.3 is 7.60 Å². The smallest absolute Gasteiger partial charge is 0.348 e. The Bertz CT molecular complexity index is 664. The number of nitrogens with two attached hydrogens (primary N) is 1. The van der Waals surface area contributed by atoms with Crippen LogP contribution < -0.4 is 5.73 Å². The van der Waals surface area contributed by atoms with E-state index in [2.05, 4.69) is 15.0 Å². The number of nitrogens with zero attached hydrogens (tertiary/aromatic N) is 4. The summed E-state index contributed by atoms with van der Waals surface area (Å²) >= 11 is 0. The van der Waals surface area contributed by atoms with E-state index in [1.807, 2.05) is 0 Å². The van der Waals surface area contributed by atoms with Gasteiger partial charge in [-0.15, -0.1) is 0 Å². The lowest BCUT2D eigenvalue weighted by atomic mass is 10.3. The van der Waals surface area contributed by atoms with Gasteiger partial charge in [-0.1, -0.05) is 0 Å². The molecule has 19 heavy (non-hydrogen) atoms. The van der Waals surface area contributed by atoms with Gasteiger partial charge in [-0.2, -0.15) is 0 Å². The van der Waals surface area contributed by atoms with Crippen molar-refractivity contribution in [3.05, 3.63) is 24.5 Å². The zero-order valence-electron chi connectivity index (χ0n) is 9.66. The molecule has 0 spiro atoms. The highest BCUT2D eigenvalue weighted by Gasteiger charge is 2.12. The van der Waals surface area contributed by atoms with Gasteiger partial charge in [0, 0.05) is 5.82 Å². The number of aliphatic hydroxyl groups excluding tert-OH is 1. The zero-order chi connectivity index (χ0) is 14.0. The lowest BCUT2D eigenvalue weighted by Gasteiger charge is -2.07. The Balaban J connectivity index is 2.20. The molecule has 2 rings (SSSR count). The molecular weight excluding hydrogens is 273 g/mol. The average molecular weight is 285 g/mol. The Hall–Kier alpha value is -1.80. The molecule has 102 valence electrons. The van der Waals surface area contributed by atoms with Crippen LogP contribution in [0, 0.1) is 0 Å². The third-order valence-corrected chi connectivity index (χ3v) is 2.88. The number of aliphatic hydroxyl groups is 1. The van der Waals surface area contributed by atoms with Gasteiger partial charge in [0.05, 0.1) is 19.0 Å². The summed E-state index contributed by atoms with van der Waals surface area (Å²) < 4.78 is 12.2. The number of anilines is 1. The molecule has 0 saturated carbocycles. The van der Waals surface area contributed by atoms with Gasteiger partial charge < -0.3 is 25.2 Å². The van der Waals surface area contributed by atoms with Crippen molar-refractivity contribution in [3.63, 3.8) is 0 Å². The summed E-state index contributed by atoms with van der Waals surface area (Å²) in [5.74, 6) is 0.879. The zero-order valence-corrected chi connectivity index (χ0v) is 10.6. The molecule has 0 unspecified atom stereocenters. The molecule has 0 saturated heterocycles. The van der Waals surface area contributed by atoms with Crippen molar-refractivity contribution >= 4 is 24.6 Å². The topological polar surface area (TPSA) is 147 Å². The van der Waals surface area contributed by atoms with Gasteiger partial charge in [-0.25, -0.2) is 15.0 Å². The summed E-state index contributed by atoms with van der Waals surface area (Å²) in [5, 5.41) is 9.66. The van der Waals surface area contributed by atoms with Gasteiger partial charge in [-0.05, 0) is 6.08 Å². The van der Waals surface area contributed by atoms with Crippen LogP contribution in [-0.4, -0.2) is 40.5 Å². The summed E-state index contributed by atoms with van der Waals surface area (Å²) in [4.78, 5) is 29.1. The first-order chi connectivity index (χ1) is 8.87. The fraction of sp³-hybridized carbons (Fsp3) is 0.222. The Morgan fingerprint density at radius 3 is 2.84 bits per heavy atom. The van der Waals surface area contributed by atoms with Gasteiger partial charge in [0.1, 0.15) is 11.8 Å². The number of hydrogen-bond donors (Lipinski definition) is 4. The number of aromatic nitrogens is 4. The molecule has 0 radical (unpaired) electrons. The van der Waals surface area contributed by atoms with E-state index >= 15 is 0 Å². The lowest BCUT2D eigenvalue weighted by Crippen LogP contribution is -2.13. The largest absolute Gasteiger partial charge is 0.387 e. The van der Waals surface area contributed by atoms with Crippen LogP contribution in [0.2, 0.25) is 0 Å². The van der Waals surface area contributed by atoms with E-state index in [0.717, 1.165) is 6.08 Å². The van der Waals surface area contributed by atoms with Crippen molar-refractivity contribution in [2.45, 2.75) is 12.6 Å². The number of rotatable bonds is 4. The minimum atomic E-state index is -4.28. The van der Waals surface area contributed by atoms with E-state index in [9.17, 15) is 9.67 Å². The first kappa shape index (κ1) is 13.6. The highest BCUT2D eigenvalue weighted by atomic mass is 31.2. The first-order valence-corrected chi connectivity index (χ1v) is 6.89.